The quantitative estimate of drug-likeness (QED) is 0.273. The summed E-state index contributed by atoms with van der Waals surface area (Å²) in [6.45, 7) is 1.87. The predicted molar refractivity (Wildman–Crippen MR) is 141 cm³/mol. The summed E-state index contributed by atoms with van der Waals surface area (Å²) in [4.78, 5) is 4.27. The van der Waals surface area contributed by atoms with Crippen molar-refractivity contribution in [2.24, 2.45) is 0 Å². The van der Waals surface area contributed by atoms with E-state index in [4.69, 9.17) is 4.74 Å². The maximum absolute atomic E-state index is 14.3. The third-order valence-electron chi connectivity index (χ3n) is 6.05. The molecule has 8 nitrogen and oxygen atoms in total. The summed E-state index contributed by atoms with van der Waals surface area (Å²) in [5.41, 5.74) is 1.22. The summed E-state index contributed by atoms with van der Waals surface area (Å²) in [5.74, 6) is -0.676. The van der Waals surface area contributed by atoms with Gasteiger partial charge in [0.05, 0.1) is 42.7 Å². The number of sulfone groups is 1. The van der Waals surface area contributed by atoms with Crippen molar-refractivity contribution in [1.82, 2.24) is 13.9 Å². The van der Waals surface area contributed by atoms with Gasteiger partial charge >= 0.3 is 0 Å². The summed E-state index contributed by atoms with van der Waals surface area (Å²) in [6, 6.07) is 20.9. The second-order valence-electron chi connectivity index (χ2n) is 8.56. The van der Waals surface area contributed by atoms with Gasteiger partial charge in [-0.15, -0.1) is 0 Å². The number of hydrogen-bond acceptors (Lipinski definition) is 6. The monoisotopic (exact) mass is 557 g/mol. The summed E-state index contributed by atoms with van der Waals surface area (Å²) in [6.07, 6.45) is 1.36. The summed E-state index contributed by atoms with van der Waals surface area (Å²) in [5, 5.41) is -0.252. The molecule has 1 heterocycles. The molecule has 11 heteroatoms. The standard InChI is InChI=1S/C27H28FN3O5S2/c1-3-30(38(34,35)25-15-13-24(36-2)14-16-25)19-23-17-29-27(31(23)18-21-9-5-4-6-10-21)37(32,33)20-22-11-7-8-12-26(22)28/h4-17H,3,18-20H2,1-2H3. The second kappa shape index (κ2) is 11.5. The molecule has 38 heavy (non-hydrogen) atoms. The molecular formula is C27H28FN3O5S2. The predicted octanol–water partition coefficient (Wildman–Crippen LogP) is 4.26. The Hall–Kier alpha value is -3.54. The highest BCUT2D eigenvalue weighted by Gasteiger charge is 2.29. The van der Waals surface area contributed by atoms with Gasteiger partial charge in [-0.25, -0.2) is 26.2 Å². The number of methoxy groups -OCH3 is 1. The van der Waals surface area contributed by atoms with Gasteiger partial charge in [0.15, 0.2) is 0 Å². The first kappa shape index (κ1) is 27.5. The molecule has 0 aliphatic heterocycles. The van der Waals surface area contributed by atoms with Crippen molar-refractivity contribution >= 4 is 19.9 Å². The smallest absolute Gasteiger partial charge is 0.243 e. The van der Waals surface area contributed by atoms with Crippen LogP contribution in [0.25, 0.3) is 0 Å². The van der Waals surface area contributed by atoms with Crippen LogP contribution in [0.15, 0.2) is 95.1 Å². The van der Waals surface area contributed by atoms with E-state index in [-0.39, 0.29) is 35.2 Å². The van der Waals surface area contributed by atoms with E-state index >= 15 is 0 Å². The molecule has 0 fully saturated rings. The Kier molecular flexibility index (Phi) is 8.29. The third-order valence-corrected chi connectivity index (χ3v) is 9.56. The van der Waals surface area contributed by atoms with Crippen LogP contribution < -0.4 is 4.74 Å². The van der Waals surface area contributed by atoms with Crippen molar-refractivity contribution in [3.05, 3.63) is 108 Å². The molecule has 0 aliphatic carbocycles. The maximum Gasteiger partial charge on any atom is 0.243 e. The molecule has 4 aromatic rings. The molecule has 1 aromatic heterocycles. The Morgan fingerprint density at radius 3 is 2.21 bits per heavy atom. The molecule has 0 N–H and O–H groups in total. The zero-order chi connectivity index (χ0) is 27.3. The topological polar surface area (TPSA) is 98.6 Å². The Bertz CT molecular complexity index is 1600. The number of ether oxygens (including phenoxy) is 1. The minimum Gasteiger partial charge on any atom is -0.497 e. The normalized spacial score (nSPS) is 12.1. The number of rotatable bonds is 11. The molecule has 4 rings (SSSR count). The molecule has 0 bridgehead atoms. The van der Waals surface area contributed by atoms with E-state index in [1.807, 2.05) is 30.3 Å². The minimum absolute atomic E-state index is 0.0283. The fourth-order valence-corrected chi connectivity index (χ4v) is 6.95. The second-order valence-corrected chi connectivity index (χ2v) is 12.4. The lowest BCUT2D eigenvalue weighted by molar-refractivity contribution is 0.408. The van der Waals surface area contributed by atoms with Crippen LogP contribution in [0.5, 0.6) is 5.75 Å². The number of sulfonamides is 1. The molecule has 0 saturated heterocycles. The van der Waals surface area contributed by atoms with E-state index in [1.54, 1.807) is 25.1 Å². The average molecular weight is 558 g/mol. The fraction of sp³-hybridized carbons (Fsp3) is 0.222. The Balaban J connectivity index is 1.73. The van der Waals surface area contributed by atoms with Gasteiger partial charge in [-0.2, -0.15) is 4.31 Å². The molecule has 3 aromatic carbocycles. The maximum atomic E-state index is 14.3. The number of aromatic nitrogens is 2. The van der Waals surface area contributed by atoms with Crippen LogP contribution in [0.2, 0.25) is 0 Å². The van der Waals surface area contributed by atoms with E-state index < -0.39 is 31.4 Å². The SMILES string of the molecule is CCN(Cc1cnc(S(=O)(=O)Cc2ccccc2F)n1Cc1ccccc1)S(=O)(=O)c1ccc(OC)cc1. The summed E-state index contributed by atoms with van der Waals surface area (Å²) >= 11 is 0. The molecule has 0 aliphatic rings. The van der Waals surface area contributed by atoms with Gasteiger partial charge < -0.3 is 9.30 Å². The van der Waals surface area contributed by atoms with E-state index in [0.29, 0.717) is 11.4 Å². The summed E-state index contributed by atoms with van der Waals surface area (Å²) in [7, 11) is -6.49. The lowest BCUT2D eigenvalue weighted by atomic mass is 10.2. The van der Waals surface area contributed by atoms with Gasteiger partial charge in [0.2, 0.25) is 25.0 Å². The van der Waals surface area contributed by atoms with E-state index in [2.05, 4.69) is 4.98 Å². The highest BCUT2D eigenvalue weighted by molar-refractivity contribution is 7.90. The van der Waals surface area contributed by atoms with Crippen molar-refractivity contribution in [2.45, 2.75) is 35.8 Å². The van der Waals surface area contributed by atoms with Crippen molar-refractivity contribution in [1.29, 1.82) is 0 Å². The van der Waals surface area contributed by atoms with Crippen molar-refractivity contribution < 1.29 is 26.0 Å². The highest BCUT2D eigenvalue weighted by atomic mass is 32.2. The summed E-state index contributed by atoms with van der Waals surface area (Å²) < 4.78 is 75.8. The molecule has 0 radical (unpaired) electrons. The fourth-order valence-electron chi connectivity index (χ4n) is 4.03. The van der Waals surface area contributed by atoms with Crippen molar-refractivity contribution in [3.8, 4) is 5.75 Å². The molecule has 0 atom stereocenters. The van der Waals surface area contributed by atoms with Gasteiger partial charge in [-0.1, -0.05) is 55.5 Å². The van der Waals surface area contributed by atoms with Gasteiger partial charge in [0, 0.05) is 12.1 Å². The van der Waals surface area contributed by atoms with Gasteiger partial charge in [-0.05, 0) is 35.9 Å². The van der Waals surface area contributed by atoms with Crippen LogP contribution in [-0.4, -0.2) is 44.3 Å². The largest absolute Gasteiger partial charge is 0.497 e. The molecule has 0 amide bonds. The Labute approximate surface area is 222 Å². The zero-order valence-corrected chi connectivity index (χ0v) is 22.6. The average Bonchev–Trinajstić information content (AvgIpc) is 3.32. The number of benzene rings is 3. The Morgan fingerprint density at radius 2 is 1.58 bits per heavy atom. The Morgan fingerprint density at radius 1 is 0.921 bits per heavy atom. The van der Waals surface area contributed by atoms with E-state index in [0.717, 1.165) is 5.56 Å². The lowest BCUT2D eigenvalue weighted by Gasteiger charge is -2.22. The van der Waals surface area contributed by atoms with E-state index in [9.17, 15) is 21.2 Å². The van der Waals surface area contributed by atoms with Crippen LogP contribution in [0.3, 0.4) is 0 Å². The third kappa shape index (κ3) is 5.95. The van der Waals surface area contributed by atoms with Gasteiger partial charge in [0.1, 0.15) is 11.6 Å². The van der Waals surface area contributed by atoms with Crippen molar-refractivity contribution in [3.63, 3.8) is 0 Å². The van der Waals surface area contributed by atoms with Crippen LogP contribution in [0.4, 0.5) is 4.39 Å². The molecule has 200 valence electrons. The first-order valence-electron chi connectivity index (χ1n) is 11.8. The van der Waals surface area contributed by atoms with Gasteiger partial charge in [0.25, 0.3) is 0 Å². The lowest BCUT2D eigenvalue weighted by Crippen LogP contribution is -2.31. The molecule has 0 spiro atoms. The van der Waals surface area contributed by atoms with Crippen molar-refractivity contribution in [2.75, 3.05) is 13.7 Å². The van der Waals surface area contributed by atoms with E-state index in [1.165, 1.54) is 52.5 Å². The molecule has 0 saturated carbocycles. The van der Waals surface area contributed by atoms with Crippen LogP contribution in [0, 0.1) is 5.82 Å². The van der Waals surface area contributed by atoms with Crippen LogP contribution in [-0.2, 0) is 38.7 Å². The zero-order valence-electron chi connectivity index (χ0n) is 21.0. The minimum atomic E-state index is -4.07. The van der Waals surface area contributed by atoms with Crippen LogP contribution in [0.1, 0.15) is 23.7 Å². The number of halogens is 1. The number of hydrogen-bond donors (Lipinski definition) is 0. The number of imidazole rings is 1. The molecule has 0 unspecified atom stereocenters. The first-order chi connectivity index (χ1) is 18.2. The highest BCUT2D eigenvalue weighted by Crippen LogP contribution is 2.24. The molecular weight excluding hydrogens is 529 g/mol. The number of nitrogens with zero attached hydrogens (tertiary/aromatic N) is 3. The van der Waals surface area contributed by atoms with Gasteiger partial charge in [-0.3, -0.25) is 0 Å². The van der Waals surface area contributed by atoms with Crippen LogP contribution >= 0.6 is 0 Å². The first-order valence-corrected chi connectivity index (χ1v) is 14.9.